The van der Waals surface area contributed by atoms with Crippen LogP contribution in [0.4, 0.5) is 26.5 Å². The lowest BCUT2D eigenvalue weighted by Crippen LogP contribution is -1.43. The van der Waals surface area contributed by atoms with Crippen molar-refractivity contribution in [3.05, 3.63) is 0 Å². The lowest BCUT2D eigenvalue weighted by atomic mass is 10.9. The fourth-order valence-electron chi connectivity index (χ4n) is 0. The highest BCUT2D eigenvalue weighted by Gasteiger charge is 1.44. The van der Waals surface area contributed by atoms with Crippen molar-refractivity contribution in [2.45, 2.75) is 6.92 Å². The van der Waals surface area contributed by atoms with Crippen molar-refractivity contribution in [1.82, 2.24) is 0 Å². The zero-order valence-electron chi connectivity index (χ0n) is 6.80. The molecule has 0 spiro atoms. The molecule has 0 aromatic carbocycles. The lowest BCUT2D eigenvalue weighted by Gasteiger charge is -1.51. The van der Waals surface area contributed by atoms with Crippen molar-refractivity contribution >= 4 is 0 Å². The summed E-state index contributed by atoms with van der Waals surface area (Å²) >= 11 is 0. The topological polar surface area (TPSA) is 9.23 Å². The number of halogens is 6. The molecule has 0 bridgehead atoms. The van der Waals surface area contributed by atoms with Gasteiger partial charge in [0.25, 0.3) is 0 Å². The maximum Gasteiger partial charge on any atom is 0.229 e. The Bertz CT molecular complexity index is 23.9. The maximum absolute atomic E-state index is 10.3. The maximum atomic E-state index is 10.3. The van der Waals surface area contributed by atoms with Gasteiger partial charge in [-0.15, -0.1) is 0 Å². The van der Waals surface area contributed by atoms with Crippen LogP contribution >= 0.6 is 0 Å². The van der Waals surface area contributed by atoms with Gasteiger partial charge in [0.05, 0.1) is 13.8 Å². The van der Waals surface area contributed by atoms with Gasteiger partial charge in [0.2, 0.25) is 13.9 Å². The van der Waals surface area contributed by atoms with Gasteiger partial charge in [-0.3, -0.25) is 4.39 Å². The second-order valence-corrected chi connectivity index (χ2v) is 0.624. The van der Waals surface area contributed by atoms with Gasteiger partial charge in [0.1, 0.15) is 0 Å². The Morgan fingerprint density at radius 3 is 0.917 bits per heavy atom. The quantitative estimate of drug-likeness (QED) is 0.548. The van der Waals surface area contributed by atoms with E-state index in [-0.39, 0.29) is 6.67 Å². The standard InChI is InChI=1S/C2H5F.2CH2F2.CH3FO/c1-2-3;2*2-1-3;1-3-2/h2H2,1H3;2*1H2;1H3. The van der Waals surface area contributed by atoms with Crippen molar-refractivity contribution in [3.63, 3.8) is 0 Å². The van der Waals surface area contributed by atoms with Gasteiger partial charge in [-0.1, -0.05) is 0 Å². The summed E-state index contributed by atoms with van der Waals surface area (Å²) in [6.07, 6.45) is 0. The predicted octanol–water partition coefficient (Wildman–Crippen LogP) is 3.26. The van der Waals surface area contributed by atoms with Crippen LogP contribution in [0.2, 0.25) is 0 Å². The van der Waals surface area contributed by atoms with Crippen LogP contribution in [-0.4, -0.2) is 27.6 Å². The molecule has 0 saturated carbocycles. The van der Waals surface area contributed by atoms with E-state index in [9.17, 15) is 26.5 Å². The number of hydrogen-bond donors (Lipinski definition) is 0. The van der Waals surface area contributed by atoms with E-state index in [4.69, 9.17) is 0 Å². The first-order valence-corrected chi connectivity index (χ1v) is 2.61. The Morgan fingerprint density at radius 1 is 0.917 bits per heavy atom. The SMILES string of the molecule is CCF.COF.FCF.FCF. The molecule has 80 valence electrons. The van der Waals surface area contributed by atoms with Crippen molar-refractivity contribution in [2.75, 3.05) is 27.6 Å². The molecule has 0 N–H and O–H groups in total. The van der Waals surface area contributed by atoms with Crippen LogP contribution in [0.25, 0.3) is 0 Å². The summed E-state index contributed by atoms with van der Waals surface area (Å²) in [4.78, 5) is 2.75. The van der Waals surface area contributed by atoms with Crippen molar-refractivity contribution in [2.24, 2.45) is 0 Å². The van der Waals surface area contributed by atoms with E-state index < -0.39 is 13.9 Å². The van der Waals surface area contributed by atoms with Crippen molar-refractivity contribution in [1.29, 1.82) is 0 Å². The molecule has 0 fully saturated rings. The Labute approximate surface area is 67.2 Å². The predicted molar refractivity (Wildman–Crippen MR) is 33.9 cm³/mol. The Morgan fingerprint density at radius 2 is 0.917 bits per heavy atom. The molecule has 0 rings (SSSR count). The summed E-state index contributed by atoms with van der Waals surface area (Å²) in [5.74, 6) is 0. The molecule has 0 aliphatic rings. The first-order valence-electron chi connectivity index (χ1n) is 2.61. The van der Waals surface area contributed by atoms with Gasteiger partial charge in [-0.05, 0) is 11.4 Å². The minimum Gasteiger partial charge on any atom is -0.251 e. The Kier molecular flexibility index (Phi) is 144. The molecule has 1 nitrogen and oxygen atoms in total. The summed E-state index contributed by atoms with van der Waals surface area (Å²) in [6.45, 7) is -2.29. The molecule has 0 saturated heterocycles. The van der Waals surface area contributed by atoms with Gasteiger partial charge < -0.3 is 0 Å². The summed E-state index contributed by atoms with van der Waals surface area (Å²) in [5, 5.41) is 0. The molecule has 0 atom stereocenters. The van der Waals surface area contributed by atoms with E-state index in [1.54, 1.807) is 0 Å². The summed E-state index contributed by atoms with van der Waals surface area (Å²) < 4.78 is 58.6. The van der Waals surface area contributed by atoms with Crippen molar-refractivity contribution < 1.29 is 31.4 Å². The monoisotopic (exact) mass is 202 g/mol. The first kappa shape index (κ1) is 22.5. The minimum atomic E-state index is -1.75. The van der Waals surface area contributed by atoms with Gasteiger partial charge in [0, 0.05) is 0 Å². The van der Waals surface area contributed by atoms with E-state index in [1.807, 2.05) is 0 Å². The minimum absolute atomic E-state index is 0.250. The molecule has 0 aliphatic heterocycles. The summed E-state index contributed by atoms with van der Waals surface area (Å²) in [5.41, 5.74) is 0. The van der Waals surface area contributed by atoms with Crippen LogP contribution in [0, 0.1) is 0 Å². The van der Waals surface area contributed by atoms with E-state index in [2.05, 4.69) is 4.94 Å². The second kappa shape index (κ2) is 76.5. The third kappa shape index (κ3) is 3290. The van der Waals surface area contributed by atoms with Gasteiger partial charge in [0.15, 0.2) is 0 Å². The van der Waals surface area contributed by atoms with Crippen LogP contribution in [-0.2, 0) is 4.94 Å². The normalized spacial score (nSPS) is 6.00. The third-order valence-electron chi connectivity index (χ3n) is 0. The molecule has 12 heavy (non-hydrogen) atoms. The van der Waals surface area contributed by atoms with Gasteiger partial charge in [-0.25, -0.2) is 17.6 Å². The number of alkyl halides is 5. The van der Waals surface area contributed by atoms with Crippen molar-refractivity contribution in [3.8, 4) is 0 Å². The van der Waals surface area contributed by atoms with Crippen LogP contribution < -0.4 is 0 Å². The van der Waals surface area contributed by atoms with E-state index in [1.165, 1.54) is 6.92 Å². The molecule has 0 radical (unpaired) electrons. The van der Waals surface area contributed by atoms with E-state index in [0.29, 0.717) is 0 Å². The highest BCUT2D eigenvalue weighted by atomic mass is 19.3. The Balaban J connectivity index is -0.0000000356. The average Bonchev–Trinajstić information content (AvgIpc) is 1.92. The largest absolute Gasteiger partial charge is 0.251 e. The van der Waals surface area contributed by atoms with Crippen LogP contribution in [0.1, 0.15) is 6.92 Å². The van der Waals surface area contributed by atoms with E-state index >= 15 is 0 Å². The number of rotatable bonds is 0. The molecule has 0 unspecified atom stereocenters. The van der Waals surface area contributed by atoms with Crippen LogP contribution in [0.15, 0.2) is 0 Å². The van der Waals surface area contributed by atoms with Gasteiger partial charge in [-0.2, -0.15) is 4.94 Å². The second-order valence-electron chi connectivity index (χ2n) is 0.624. The fourth-order valence-corrected chi connectivity index (χ4v) is 0. The molecule has 0 aliphatic carbocycles. The molecular weight excluding hydrogens is 190 g/mol. The fraction of sp³-hybridized carbons (Fsp3) is 1.00. The van der Waals surface area contributed by atoms with Gasteiger partial charge >= 0.3 is 0 Å². The zero-order chi connectivity index (χ0) is 10.8. The molecule has 0 amide bonds. The third-order valence-corrected chi connectivity index (χ3v) is 0. The lowest BCUT2D eigenvalue weighted by molar-refractivity contribution is -0.0960. The molecule has 0 heterocycles. The molecule has 0 aromatic heterocycles. The highest BCUT2D eigenvalue weighted by molar-refractivity contribution is 3.86. The van der Waals surface area contributed by atoms with E-state index in [0.717, 1.165) is 7.11 Å². The highest BCUT2D eigenvalue weighted by Crippen LogP contribution is 1.56. The smallest absolute Gasteiger partial charge is 0.229 e. The molecule has 0 aromatic rings. The summed E-state index contributed by atoms with van der Waals surface area (Å²) in [6, 6.07) is 0. The molecular formula is C5H12F6O. The van der Waals surface area contributed by atoms with Crippen LogP contribution in [0.5, 0.6) is 0 Å². The summed E-state index contributed by atoms with van der Waals surface area (Å²) in [7, 11) is 0.958. The average molecular weight is 202 g/mol. The zero-order valence-corrected chi connectivity index (χ0v) is 6.80. The molecule has 7 heteroatoms. The van der Waals surface area contributed by atoms with Crippen LogP contribution in [0.3, 0.4) is 0 Å². The number of hydrogen-bond acceptors (Lipinski definition) is 1. The Hall–Kier alpha value is -0.460. The first-order chi connectivity index (χ1) is 5.66.